The van der Waals surface area contributed by atoms with Crippen LogP contribution < -0.4 is 15.0 Å². The molecular weight excluding hydrogens is 411 g/mol. The van der Waals surface area contributed by atoms with Crippen LogP contribution in [0.3, 0.4) is 0 Å². The van der Waals surface area contributed by atoms with E-state index in [-0.39, 0.29) is 17.6 Å². The van der Waals surface area contributed by atoms with Crippen LogP contribution in [0.2, 0.25) is 0 Å². The van der Waals surface area contributed by atoms with Crippen LogP contribution >= 0.6 is 22.7 Å². The number of benzene rings is 2. The fourth-order valence-electron chi connectivity index (χ4n) is 3.24. The van der Waals surface area contributed by atoms with Crippen LogP contribution in [0.4, 0.5) is 14.7 Å². The van der Waals surface area contributed by atoms with Gasteiger partial charge in [0.1, 0.15) is 11.6 Å². The molecule has 9 heteroatoms. The SMILES string of the molecule is CCOc1ccc2nc(NC(=O)C3CN(c4nc5ccc(F)cc5s4)C3)sc2c1. The summed E-state index contributed by atoms with van der Waals surface area (Å²) in [5.41, 5.74) is 1.62. The van der Waals surface area contributed by atoms with E-state index in [0.29, 0.717) is 24.8 Å². The second kappa shape index (κ2) is 7.23. The molecule has 0 aliphatic carbocycles. The highest BCUT2D eigenvalue weighted by Crippen LogP contribution is 2.34. The van der Waals surface area contributed by atoms with Crippen molar-refractivity contribution < 1.29 is 13.9 Å². The fraction of sp³-hybridized carbons (Fsp3) is 0.250. The first-order chi connectivity index (χ1) is 14.1. The van der Waals surface area contributed by atoms with Crippen LogP contribution in [0.25, 0.3) is 20.4 Å². The van der Waals surface area contributed by atoms with Gasteiger partial charge >= 0.3 is 0 Å². The summed E-state index contributed by atoms with van der Waals surface area (Å²) in [7, 11) is 0. The topological polar surface area (TPSA) is 67.3 Å². The van der Waals surface area contributed by atoms with E-state index in [2.05, 4.69) is 15.3 Å². The van der Waals surface area contributed by atoms with Crippen molar-refractivity contribution in [1.29, 1.82) is 0 Å². The van der Waals surface area contributed by atoms with E-state index in [1.807, 2.05) is 30.0 Å². The summed E-state index contributed by atoms with van der Waals surface area (Å²) in [5, 5.41) is 4.33. The molecular formula is C20H17FN4O2S2. The molecule has 0 saturated carbocycles. The molecule has 148 valence electrons. The van der Waals surface area contributed by atoms with Crippen molar-refractivity contribution in [1.82, 2.24) is 9.97 Å². The number of hydrogen-bond donors (Lipinski definition) is 1. The van der Waals surface area contributed by atoms with E-state index in [1.165, 1.54) is 34.8 Å². The van der Waals surface area contributed by atoms with Gasteiger partial charge in [0.2, 0.25) is 5.91 Å². The quantitative estimate of drug-likeness (QED) is 0.506. The van der Waals surface area contributed by atoms with Gasteiger partial charge in [-0.05, 0) is 43.3 Å². The fourth-order valence-corrected chi connectivity index (χ4v) is 5.15. The average molecular weight is 429 g/mol. The van der Waals surface area contributed by atoms with Crippen LogP contribution in [0, 0.1) is 11.7 Å². The Labute approximate surface area is 174 Å². The maximum absolute atomic E-state index is 13.4. The summed E-state index contributed by atoms with van der Waals surface area (Å²) in [4.78, 5) is 23.6. The van der Waals surface area contributed by atoms with Crippen LogP contribution in [-0.4, -0.2) is 35.6 Å². The van der Waals surface area contributed by atoms with Crippen molar-refractivity contribution in [3.63, 3.8) is 0 Å². The first-order valence-electron chi connectivity index (χ1n) is 9.24. The van der Waals surface area contributed by atoms with Crippen molar-refractivity contribution in [3.05, 3.63) is 42.2 Å². The van der Waals surface area contributed by atoms with E-state index in [1.54, 1.807) is 6.07 Å². The van der Waals surface area contributed by atoms with E-state index in [0.717, 1.165) is 31.3 Å². The third kappa shape index (κ3) is 3.51. The predicted octanol–water partition coefficient (Wildman–Crippen LogP) is 4.52. The maximum atomic E-state index is 13.4. The van der Waals surface area contributed by atoms with Crippen molar-refractivity contribution in [2.75, 3.05) is 29.9 Å². The molecule has 2 aromatic carbocycles. The molecule has 0 unspecified atom stereocenters. The molecule has 0 bridgehead atoms. The zero-order valence-electron chi connectivity index (χ0n) is 15.5. The number of rotatable bonds is 5. The number of fused-ring (bicyclic) bond motifs is 2. The highest BCUT2D eigenvalue weighted by atomic mass is 32.1. The number of thiazole rings is 2. The first-order valence-corrected chi connectivity index (χ1v) is 10.9. The Kier molecular flexibility index (Phi) is 4.56. The minimum absolute atomic E-state index is 0.0440. The second-order valence-electron chi connectivity index (χ2n) is 6.78. The molecule has 1 N–H and O–H groups in total. The number of nitrogens with one attached hydrogen (secondary N) is 1. The Hall–Kier alpha value is -2.78. The predicted molar refractivity (Wildman–Crippen MR) is 115 cm³/mol. The summed E-state index contributed by atoms with van der Waals surface area (Å²) < 4.78 is 20.7. The largest absolute Gasteiger partial charge is 0.494 e. The van der Waals surface area contributed by atoms with Gasteiger partial charge in [-0.2, -0.15) is 0 Å². The number of aromatic nitrogens is 2. The van der Waals surface area contributed by atoms with E-state index < -0.39 is 0 Å². The van der Waals surface area contributed by atoms with Gasteiger partial charge in [-0.1, -0.05) is 22.7 Å². The molecule has 0 spiro atoms. The van der Waals surface area contributed by atoms with E-state index >= 15 is 0 Å². The third-order valence-corrected chi connectivity index (χ3v) is 6.78. The number of halogens is 1. The van der Waals surface area contributed by atoms with Gasteiger partial charge in [0.05, 0.1) is 33.0 Å². The number of carbonyl (C=O) groups excluding carboxylic acids is 1. The molecule has 0 atom stereocenters. The summed E-state index contributed by atoms with van der Waals surface area (Å²) in [6.45, 7) is 3.73. The lowest BCUT2D eigenvalue weighted by Gasteiger charge is -2.37. The van der Waals surface area contributed by atoms with Gasteiger partial charge in [-0.3, -0.25) is 4.79 Å². The first kappa shape index (κ1) is 18.3. The summed E-state index contributed by atoms with van der Waals surface area (Å²) in [6.07, 6.45) is 0. The van der Waals surface area contributed by atoms with Crippen LogP contribution in [-0.2, 0) is 4.79 Å². The minimum atomic E-state index is -0.266. The molecule has 0 radical (unpaired) electrons. The average Bonchev–Trinajstić information content (AvgIpc) is 3.23. The summed E-state index contributed by atoms with van der Waals surface area (Å²) in [5.74, 6) is 0.367. The van der Waals surface area contributed by atoms with Gasteiger partial charge in [0.15, 0.2) is 10.3 Å². The molecule has 1 amide bonds. The highest BCUT2D eigenvalue weighted by Gasteiger charge is 2.34. The monoisotopic (exact) mass is 428 g/mol. The van der Waals surface area contributed by atoms with Gasteiger partial charge in [0, 0.05) is 13.1 Å². The summed E-state index contributed by atoms with van der Waals surface area (Å²) >= 11 is 2.88. The Balaban J connectivity index is 1.23. The molecule has 1 saturated heterocycles. The standard InChI is InChI=1S/C20H17FN4O2S2/c1-2-27-13-4-6-14-17(8-13)28-19(22-14)24-18(26)11-9-25(10-11)20-23-15-5-3-12(21)7-16(15)29-20/h3-8,11H,2,9-10H2,1H3,(H,22,24,26). The lowest BCUT2D eigenvalue weighted by Crippen LogP contribution is -2.52. The Morgan fingerprint density at radius 3 is 2.76 bits per heavy atom. The third-order valence-electron chi connectivity index (χ3n) is 4.76. The molecule has 5 rings (SSSR count). The van der Waals surface area contributed by atoms with E-state index in [9.17, 15) is 9.18 Å². The Morgan fingerprint density at radius 1 is 1.17 bits per heavy atom. The molecule has 3 heterocycles. The lowest BCUT2D eigenvalue weighted by atomic mass is 10.0. The molecule has 6 nitrogen and oxygen atoms in total. The van der Waals surface area contributed by atoms with Crippen molar-refractivity contribution in [3.8, 4) is 5.75 Å². The molecule has 29 heavy (non-hydrogen) atoms. The van der Waals surface area contributed by atoms with Crippen molar-refractivity contribution in [2.24, 2.45) is 5.92 Å². The molecule has 1 aliphatic rings. The van der Waals surface area contributed by atoms with E-state index in [4.69, 9.17) is 4.74 Å². The van der Waals surface area contributed by atoms with Gasteiger partial charge in [-0.15, -0.1) is 0 Å². The van der Waals surface area contributed by atoms with Gasteiger partial charge < -0.3 is 15.0 Å². The van der Waals surface area contributed by atoms with Crippen LogP contribution in [0.15, 0.2) is 36.4 Å². The second-order valence-corrected chi connectivity index (χ2v) is 8.82. The number of nitrogens with zero attached hydrogens (tertiary/aromatic N) is 3. The molecule has 1 aliphatic heterocycles. The zero-order valence-corrected chi connectivity index (χ0v) is 17.1. The molecule has 2 aromatic heterocycles. The Bertz CT molecular complexity index is 1220. The smallest absolute Gasteiger partial charge is 0.232 e. The molecule has 4 aromatic rings. The summed E-state index contributed by atoms with van der Waals surface area (Å²) in [6, 6.07) is 10.3. The van der Waals surface area contributed by atoms with Gasteiger partial charge in [-0.25, -0.2) is 14.4 Å². The number of hydrogen-bond acceptors (Lipinski definition) is 7. The van der Waals surface area contributed by atoms with Crippen LogP contribution in [0.1, 0.15) is 6.92 Å². The normalized spacial score (nSPS) is 14.3. The number of carbonyl (C=O) groups is 1. The minimum Gasteiger partial charge on any atom is -0.494 e. The zero-order chi connectivity index (χ0) is 20.0. The number of amides is 1. The van der Waals surface area contributed by atoms with Crippen LogP contribution in [0.5, 0.6) is 5.75 Å². The van der Waals surface area contributed by atoms with Crippen molar-refractivity contribution >= 4 is 59.3 Å². The lowest BCUT2D eigenvalue weighted by molar-refractivity contribution is -0.120. The van der Waals surface area contributed by atoms with Crippen molar-refractivity contribution in [2.45, 2.75) is 6.92 Å². The van der Waals surface area contributed by atoms with Gasteiger partial charge in [0.25, 0.3) is 0 Å². The number of anilines is 2. The number of ether oxygens (including phenoxy) is 1. The molecule has 1 fully saturated rings. The maximum Gasteiger partial charge on any atom is 0.232 e. The highest BCUT2D eigenvalue weighted by molar-refractivity contribution is 7.22. The Morgan fingerprint density at radius 2 is 1.93 bits per heavy atom.